The first-order valence-corrected chi connectivity index (χ1v) is 8.52. The molecule has 0 aliphatic heterocycles. The number of amides is 1. The molecule has 0 saturated carbocycles. The van der Waals surface area contributed by atoms with E-state index in [4.69, 9.17) is 0 Å². The molecule has 1 heterocycles. The van der Waals surface area contributed by atoms with Crippen molar-refractivity contribution in [2.45, 2.75) is 33.4 Å². The first-order valence-electron chi connectivity index (χ1n) is 8.52. The molecule has 0 aliphatic rings. The van der Waals surface area contributed by atoms with E-state index in [0.717, 1.165) is 16.9 Å². The number of aryl methyl sites for hydroxylation is 1. The van der Waals surface area contributed by atoms with Crippen molar-refractivity contribution in [2.24, 2.45) is 0 Å². The van der Waals surface area contributed by atoms with Crippen LogP contribution in [0.1, 0.15) is 35.6 Å². The van der Waals surface area contributed by atoms with Crippen molar-refractivity contribution in [3.05, 3.63) is 65.5 Å². The van der Waals surface area contributed by atoms with Gasteiger partial charge in [-0.2, -0.15) is 4.68 Å². The summed E-state index contributed by atoms with van der Waals surface area (Å²) in [6.45, 7) is 6.32. The van der Waals surface area contributed by atoms with Crippen LogP contribution >= 0.6 is 0 Å². The van der Waals surface area contributed by atoms with E-state index < -0.39 is 0 Å². The van der Waals surface area contributed by atoms with Gasteiger partial charge in [-0.15, -0.1) is 5.10 Å². The number of benzene rings is 2. The number of carbonyl (C=O) groups excluding carboxylic acids is 1. The van der Waals surface area contributed by atoms with Crippen molar-refractivity contribution >= 4 is 11.6 Å². The summed E-state index contributed by atoms with van der Waals surface area (Å²) in [5, 5.41) is 18.1. The lowest BCUT2D eigenvalue weighted by Gasteiger charge is -2.12. The Morgan fingerprint density at radius 2 is 1.92 bits per heavy atom. The molecule has 0 spiro atoms. The average Bonchev–Trinajstić information content (AvgIpc) is 3.09. The van der Waals surface area contributed by atoms with Gasteiger partial charge in [0.25, 0.3) is 5.91 Å². The Labute approximate surface area is 152 Å². The molecule has 0 saturated heterocycles. The first kappa shape index (κ1) is 17.6. The van der Waals surface area contributed by atoms with Crippen LogP contribution in [-0.4, -0.2) is 32.2 Å². The Kier molecular flexibility index (Phi) is 5.26. The minimum Gasteiger partial charge on any atom is -0.377 e. The zero-order chi connectivity index (χ0) is 18.5. The number of para-hydroxylation sites is 1. The molecule has 7 heteroatoms. The van der Waals surface area contributed by atoms with Gasteiger partial charge in [0.15, 0.2) is 5.82 Å². The minimum atomic E-state index is -0.0670. The molecule has 134 valence electrons. The van der Waals surface area contributed by atoms with E-state index in [-0.39, 0.29) is 11.9 Å². The number of carbonyl (C=O) groups is 1. The van der Waals surface area contributed by atoms with E-state index in [0.29, 0.717) is 17.9 Å². The fraction of sp³-hybridized carbons (Fsp3) is 0.263. The lowest BCUT2D eigenvalue weighted by atomic mass is 10.1. The van der Waals surface area contributed by atoms with Gasteiger partial charge < -0.3 is 10.6 Å². The molecule has 3 aromatic rings. The van der Waals surface area contributed by atoms with Crippen LogP contribution in [0.4, 0.5) is 5.69 Å². The molecule has 0 unspecified atom stereocenters. The largest absolute Gasteiger partial charge is 0.377 e. The van der Waals surface area contributed by atoms with Crippen LogP contribution in [-0.2, 0) is 6.54 Å². The summed E-state index contributed by atoms with van der Waals surface area (Å²) < 4.78 is 1.70. The Balaban J connectivity index is 1.71. The van der Waals surface area contributed by atoms with Crippen molar-refractivity contribution < 1.29 is 4.79 Å². The molecule has 2 N–H and O–H groups in total. The Hall–Kier alpha value is -3.22. The molecule has 1 amide bonds. The number of rotatable bonds is 6. The van der Waals surface area contributed by atoms with Crippen LogP contribution < -0.4 is 10.6 Å². The third kappa shape index (κ3) is 4.05. The molecular weight excluding hydrogens is 328 g/mol. The fourth-order valence-corrected chi connectivity index (χ4v) is 2.61. The monoisotopic (exact) mass is 350 g/mol. The zero-order valence-electron chi connectivity index (χ0n) is 15.1. The lowest BCUT2D eigenvalue weighted by Crippen LogP contribution is -2.30. The second kappa shape index (κ2) is 7.77. The van der Waals surface area contributed by atoms with E-state index in [1.807, 2.05) is 69.3 Å². The van der Waals surface area contributed by atoms with Gasteiger partial charge in [-0.25, -0.2) is 0 Å². The smallest absolute Gasteiger partial charge is 0.251 e. The quantitative estimate of drug-likeness (QED) is 0.714. The summed E-state index contributed by atoms with van der Waals surface area (Å²) in [5.41, 5.74) is 3.48. The SMILES string of the molecule is Cc1cc(C(=O)NC(C)C)ccc1NCc1nnnn1-c1ccccc1. The summed E-state index contributed by atoms with van der Waals surface area (Å²) in [5.74, 6) is 0.639. The van der Waals surface area contributed by atoms with Gasteiger partial charge in [-0.1, -0.05) is 18.2 Å². The second-order valence-electron chi connectivity index (χ2n) is 6.35. The Morgan fingerprint density at radius 1 is 1.15 bits per heavy atom. The molecule has 0 atom stereocenters. The normalized spacial score (nSPS) is 10.8. The van der Waals surface area contributed by atoms with Crippen LogP contribution in [0.25, 0.3) is 5.69 Å². The lowest BCUT2D eigenvalue weighted by molar-refractivity contribution is 0.0943. The van der Waals surface area contributed by atoms with Gasteiger partial charge in [-0.3, -0.25) is 4.79 Å². The summed E-state index contributed by atoms with van der Waals surface area (Å²) in [7, 11) is 0. The number of anilines is 1. The summed E-state index contributed by atoms with van der Waals surface area (Å²) in [6.07, 6.45) is 0. The van der Waals surface area contributed by atoms with E-state index in [1.54, 1.807) is 4.68 Å². The van der Waals surface area contributed by atoms with Crippen LogP contribution in [0.15, 0.2) is 48.5 Å². The van der Waals surface area contributed by atoms with Gasteiger partial charge in [-0.05, 0) is 67.1 Å². The highest BCUT2D eigenvalue weighted by Crippen LogP contribution is 2.18. The first-order chi connectivity index (χ1) is 12.5. The van der Waals surface area contributed by atoms with E-state index in [9.17, 15) is 4.79 Å². The molecular formula is C19H22N6O. The predicted octanol–water partition coefficient (Wildman–Crippen LogP) is 2.72. The number of hydrogen-bond acceptors (Lipinski definition) is 5. The maximum atomic E-state index is 12.1. The molecule has 0 radical (unpaired) electrons. The fourth-order valence-electron chi connectivity index (χ4n) is 2.61. The Morgan fingerprint density at radius 3 is 2.62 bits per heavy atom. The van der Waals surface area contributed by atoms with Crippen molar-refractivity contribution in [1.29, 1.82) is 0 Å². The number of nitrogens with one attached hydrogen (secondary N) is 2. The molecule has 1 aromatic heterocycles. The topological polar surface area (TPSA) is 84.7 Å². The minimum absolute atomic E-state index is 0.0670. The zero-order valence-corrected chi connectivity index (χ0v) is 15.1. The number of aromatic nitrogens is 4. The van der Waals surface area contributed by atoms with Crippen LogP contribution in [0.5, 0.6) is 0 Å². The maximum absolute atomic E-state index is 12.1. The third-order valence-corrected chi connectivity index (χ3v) is 3.88. The van der Waals surface area contributed by atoms with Crippen LogP contribution in [0.3, 0.4) is 0 Å². The summed E-state index contributed by atoms with van der Waals surface area (Å²) >= 11 is 0. The van der Waals surface area contributed by atoms with Gasteiger partial charge in [0.05, 0.1) is 12.2 Å². The molecule has 7 nitrogen and oxygen atoms in total. The second-order valence-corrected chi connectivity index (χ2v) is 6.35. The van der Waals surface area contributed by atoms with Gasteiger partial charge in [0, 0.05) is 17.3 Å². The average molecular weight is 350 g/mol. The standard InChI is InChI=1S/C19H22N6O/c1-13(2)21-19(26)15-9-10-17(14(3)11-15)20-12-18-22-23-24-25(18)16-7-5-4-6-8-16/h4-11,13,20H,12H2,1-3H3,(H,21,26). The number of tetrazole rings is 1. The van der Waals surface area contributed by atoms with Crippen molar-refractivity contribution in [2.75, 3.05) is 5.32 Å². The number of hydrogen-bond donors (Lipinski definition) is 2. The van der Waals surface area contributed by atoms with Crippen molar-refractivity contribution in [3.8, 4) is 5.69 Å². The van der Waals surface area contributed by atoms with Crippen molar-refractivity contribution in [1.82, 2.24) is 25.5 Å². The van der Waals surface area contributed by atoms with Gasteiger partial charge >= 0.3 is 0 Å². The van der Waals surface area contributed by atoms with Crippen LogP contribution in [0, 0.1) is 6.92 Å². The number of nitrogens with zero attached hydrogens (tertiary/aromatic N) is 4. The maximum Gasteiger partial charge on any atom is 0.251 e. The predicted molar refractivity (Wildman–Crippen MR) is 100 cm³/mol. The summed E-state index contributed by atoms with van der Waals surface area (Å²) in [6, 6.07) is 15.4. The van der Waals surface area contributed by atoms with E-state index in [2.05, 4.69) is 26.2 Å². The Bertz CT molecular complexity index is 888. The molecule has 26 heavy (non-hydrogen) atoms. The van der Waals surface area contributed by atoms with E-state index >= 15 is 0 Å². The molecule has 0 aliphatic carbocycles. The van der Waals surface area contributed by atoms with Crippen LogP contribution in [0.2, 0.25) is 0 Å². The van der Waals surface area contributed by atoms with Gasteiger partial charge in [0.2, 0.25) is 0 Å². The third-order valence-electron chi connectivity index (χ3n) is 3.88. The summed E-state index contributed by atoms with van der Waals surface area (Å²) in [4.78, 5) is 12.1. The molecule has 0 fully saturated rings. The van der Waals surface area contributed by atoms with Gasteiger partial charge in [0.1, 0.15) is 0 Å². The molecule has 2 aromatic carbocycles. The molecule has 3 rings (SSSR count). The van der Waals surface area contributed by atoms with Crippen molar-refractivity contribution in [3.63, 3.8) is 0 Å². The highest BCUT2D eigenvalue weighted by molar-refractivity contribution is 5.95. The highest BCUT2D eigenvalue weighted by atomic mass is 16.1. The molecule has 0 bridgehead atoms. The highest BCUT2D eigenvalue weighted by Gasteiger charge is 2.11. The van der Waals surface area contributed by atoms with E-state index in [1.165, 1.54) is 0 Å².